The van der Waals surface area contributed by atoms with Crippen LogP contribution >= 0.6 is 15.9 Å². The molecule has 1 aromatic carbocycles. The molecule has 0 aromatic heterocycles. The lowest BCUT2D eigenvalue weighted by atomic mass is 10.1. The van der Waals surface area contributed by atoms with Crippen molar-refractivity contribution in [3.63, 3.8) is 0 Å². The fourth-order valence-electron chi connectivity index (χ4n) is 1.45. The molecule has 4 nitrogen and oxygen atoms in total. The first-order valence-electron chi connectivity index (χ1n) is 4.77. The number of hydrogen-bond acceptors (Lipinski definition) is 4. The van der Waals surface area contributed by atoms with Gasteiger partial charge in [-0.1, -0.05) is 33.2 Å². The number of halogens is 1. The maximum atomic E-state index is 11.2. The van der Waals surface area contributed by atoms with Gasteiger partial charge in [0.1, 0.15) is 0 Å². The van der Waals surface area contributed by atoms with Gasteiger partial charge < -0.3 is 9.57 Å². The van der Waals surface area contributed by atoms with Gasteiger partial charge in [-0.2, -0.15) is 0 Å². The molecule has 5 heteroatoms. The fraction of sp³-hybridized carbons (Fsp3) is 0.273. The second-order valence-electron chi connectivity index (χ2n) is 3.37. The highest BCUT2D eigenvalue weighted by Gasteiger charge is 2.29. The van der Waals surface area contributed by atoms with Crippen LogP contribution in [-0.4, -0.2) is 24.9 Å². The van der Waals surface area contributed by atoms with Gasteiger partial charge in [-0.3, -0.25) is 0 Å². The highest BCUT2D eigenvalue weighted by Crippen LogP contribution is 2.19. The smallest absolute Gasteiger partial charge is 0.350 e. The first kappa shape index (κ1) is 11.1. The third-order valence-electron chi connectivity index (χ3n) is 2.31. The van der Waals surface area contributed by atoms with Crippen LogP contribution in [0.1, 0.15) is 12.0 Å². The van der Waals surface area contributed by atoms with Crippen molar-refractivity contribution in [3.8, 4) is 0 Å². The van der Waals surface area contributed by atoms with E-state index < -0.39 is 12.1 Å². The van der Waals surface area contributed by atoms with Crippen LogP contribution in [0.5, 0.6) is 0 Å². The van der Waals surface area contributed by atoms with E-state index in [1.54, 1.807) is 0 Å². The van der Waals surface area contributed by atoms with Crippen molar-refractivity contribution >= 4 is 27.6 Å². The molecule has 0 aliphatic carbocycles. The summed E-state index contributed by atoms with van der Waals surface area (Å²) < 4.78 is 5.59. The molecule has 0 radical (unpaired) electrons. The molecular formula is C11H10BrNO3. The normalized spacial score (nSPS) is 18.9. The molecule has 0 bridgehead atoms. The van der Waals surface area contributed by atoms with Gasteiger partial charge in [0.15, 0.2) is 0 Å². The molecule has 2 rings (SSSR count). The van der Waals surface area contributed by atoms with Crippen molar-refractivity contribution in [1.82, 2.24) is 0 Å². The Hall–Kier alpha value is -1.36. The third kappa shape index (κ3) is 2.24. The molecule has 0 saturated heterocycles. The number of carbonyl (C=O) groups is 1. The minimum Gasteiger partial charge on any atom is -0.466 e. The fourth-order valence-corrected chi connectivity index (χ4v) is 1.71. The molecule has 1 aromatic rings. The topological polar surface area (TPSA) is 47.9 Å². The number of carbonyl (C=O) groups excluding carboxylic acids is 1. The van der Waals surface area contributed by atoms with E-state index >= 15 is 0 Å². The molecular weight excluding hydrogens is 274 g/mol. The molecule has 1 atom stereocenters. The number of ether oxygens (including phenoxy) is 1. The van der Waals surface area contributed by atoms with E-state index in [-0.39, 0.29) is 0 Å². The van der Waals surface area contributed by atoms with Gasteiger partial charge in [-0.05, 0) is 17.7 Å². The van der Waals surface area contributed by atoms with E-state index in [4.69, 9.17) is 4.84 Å². The minimum absolute atomic E-state index is 0.393. The van der Waals surface area contributed by atoms with E-state index in [2.05, 4.69) is 25.8 Å². The zero-order valence-electron chi connectivity index (χ0n) is 8.64. The van der Waals surface area contributed by atoms with Crippen LogP contribution in [0, 0.1) is 0 Å². The maximum absolute atomic E-state index is 11.2. The zero-order chi connectivity index (χ0) is 11.5. The molecule has 1 unspecified atom stereocenters. The highest BCUT2D eigenvalue weighted by atomic mass is 79.9. The molecule has 1 aliphatic heterocycles. The minimum atomic E-state index is -0.608. The lowest BCUT2D eigenvalue weighted by Gasteiger charge is -2.04. The summed E-state index contributed by atoms with van der Waals surface area (Å²) >= 11 is 3.36. The Morgan fingerprint density at radius 3 is 2.81 bits per heavy atom. The molecule has 1 aliphatic rings. The molecule has 1 heterocycles. The van der Waals surface area contributed by atoms with Crippen LogP contribution in [0.3, 0.4) is 0 Å². The quantitative estimate of drug-likeness (QED) is 0.781. The average Bonchev–Trinajstić information content (AvgIpc) is 2.78. The Morgan fingerprint density at radius 2 is 2.19 bits per heavy atom. The van der Waals surface area contributed by atoms with Crippen molar-refractivity contribution in [2.75, 3.05) is 7.11 Å². The summed E-state index contributed by atoms with van der Waals surface area (Å²) in [4.78, 5) is 16.2. The monoisotopic (exact) mass is 283 g/mol. The van der Waals surface area contributed by atoms with Crippen LogP contribution in [0.25, 0.3) is 0 Å². The average molecular weight is 284 g/mol. The molecule has 0 N–H and O–H groups in total. The lowest BCUT2D eigenvalue weighted by molar-refractivity contribution is -0.152. The van der Waals surface area contributed by atoms with Gasteiger partial charge in [0.05, 0.1) is 12.8 Å². The first-order valence-corrected chi connectivity index (χ1v) is 5.56. The number of hydrogen-bond donors (Lipinski definition) is 0. The Labute approximate surface area is 101 Å². The van der Waals surface area contributed by atoms with Crippen LogP contribution in [0.4, 0.5) is 0 Å². The van der Waals surface area contributed by atoms with E-state index in [0.29, 0.717) is 6.42 Å². The second-order valence-corrected chi connectivity index (χ2v) is 4.28. The Bertz CT molecular complexity index is 427. The summed E-state index contributed by atoms with van der Waals surface area (Å²) in [5, 5.41) is 3.89. The third-order valence-corrected chi connectivity index (χ3v) is 2.84. The summed E-state index contributed by atoms with van der Waals surface area (Å²) in [5.74, 6) is -0.393. The Balaban J connectivity index is 2.08. The first-order chi connectivity index (χ1) is 7.70. The molecule has 0 fully saturated rings. The number of esters is 1. The van der Waals surface area contributed by atoms with Crippen molar-refractivity contribution in [3.05, 3.63) is 34.3 Å². The molecule has 84 valence electrons. The summed E-state index contributed by atoms with van der Waals surface area (Å²) in [6.45, 7) is 0. The predicted molar refractivity (Wildman–Crippen MR) is 62.2 cm³/mol. The number of benzene rings is 1. The molecule has 0 amide bonds. The van der Waals surface area contributed by atoms with Crippen molar-refractivity contribution in [2.24, 2.45) is 5.16 Å². The van der Waals surface area contributed by atoms with Gasteiger partial charge in [0, 0.05) is 10.9 Å². The zero-order valence-corrected chi connectivity index (χ0v) is 10.2. The van der Waals surface area contributed by atoms with Crippen LogP contribution < -0.4 is 0 Å². The summed E-state index contributed by atoms with van der Waals surface area (Å²) in [7, 11) is 1.34. The van der Waals surface area contributed by atoms with Crippen LogP contribution in [0.15, 0.2) is 33.9 Å². The highest BCUT2D eigenvalue weighted by molar-refractivity contribution is 9.10. The Morgan fingerprint density at radius 1 is 1.50 bits per heavy atom. The van der Waals surface area contributed by atoms with E-state index in [0.717, 1.165) is 15.7 Å². The van der Waals surface area contributed by atoms with Gasteiger partial charge in [0.2, 0.25) is 6.10 Å². The van der Waals surface area contributed by atoms with Gasteiger partial charge >= 0.3 is 5.97 Å². The summed E-state index contributed by atoms with van der Waals surface area (Å²) in [5.41, 5.74) is 1.72. The molecule has 0 spiro atoms. The largest absolute Gasteiger partial charge is 0.466 e. The van der Waals surface area contributed by atoms with Crippen molar-refractivity contribution in [2.45, 2.75) is 12.5 Å². The number of rotatable bonds is 2. The van der Waals surface area contributed by atoms with E-state index in [1.165, 1.54) is 7.11 Å². The van der Waals surface area contributed by atoms with Gasteiger partial charge in [-0.25, -0.2) is 4.79 Å². The number of nitrogens with zero attached hydrogens (tertiary/aromatic N) is 1. The van der Waals surface area contributed by atoms with Crippen molar-refractivity contribution in [1.29, 1.82) is 0 Å². The SMILES string of the molecule is COC(=O)C1CC(c2ccc(Br)cc2)=NO1. The van der Waals surface area contributed by atoms with Crippen molar-refractivity contribution < 1.29 is 14.4 Å². The molecule has 16 heavy (non-hydrogen) atoms. The van der Waals surface area contributed by atoms with Gasteiger partial charge in [0.25, 0.3) is 0 Å². The Kier molecular flexibility index (Phi) is 3.24. The standard InChI is InChI=1S/C11H10BrNO3/c1-15-11(14)10-6-9(13-16-10)7-2-4-8(12)5-3-7/h2-5,10H,6H2,1H3. The maximum Gasteiger partial charge on any atom is 0.350 e. The second kappa shape index (κ2) is 4.65. The number of oxime groups is 1. The lowest BCUT2D eigenvalue weighted by Crippen LogP contribution is -2.22. The van der Waals surface area contributed by atoms with Crippen LogP contribution in [0.2, 0.25) is 0 Å². The predicted octanol–water partition coefficient (Wildman–Crippen LogP) is 2.12. The van der Waals surface area contributed by atoms with Crippen LogP contribution in [-0.2, 0) is 14.4 Å². The summed E-state index contributed by atoms with van der Waals surface area (Å²) in [6.07, 6.45) is -0.155. The molecule has 0 saturated carbocycles. The number of methoxy groups -OCH3 is 1. The van der Waals surface area contributed by atoms with E-state index in [9.17, 15) is 4.79 Å². The van der Waals surface area contributed by atoms with Gasteiger partial charge in [-0.15, -0.1) is 0 Å². The summed E-state index contributed by atoms with van der Waals surface area (Å²) in [6, 6.07) is 7.69. The van der Waals surface area contributed by atoms with E-state index in [1.807, 2.05) is 24.3 Å².